The van der Waals surface area contributed by atoms with E-state index in [4.69, 9.17) is 0 Å². The molecule has 0 aromatic carbocycles. The van der Waals surface area contributed by atoms with Crippen molar-refractivity contribution in [2.24, 2.45) is 15.8 Å². The Bertz CT molecular complexity index is 145. The van der Waals surface area contributed by atoms with Crippen molar-refractivity contribution in [3.05, 3.63) is 0 Å². The maximum Gasteiger partial charge on any atom is 0.0846 e. The molecular formula is C7H15N3. The van der Waals surface area contributed by atoms with Gasteiger partial charge in [-0.1, -0.05) is 26.0 Å². The van der Waals surface area contributed by atoms with Gasteiger partial charge in [-0.2, -0.15) is 5.11 Å². The van der Waals surface area contributed by atoms with Gasteiger partial charge in [-0.3, -0.25) is 5.01 Å². The Morgan fingerprint density at radius 2 is 2.00 bits per heavy atom. The van der Waals surface area contributed by atoms with Crippen molar-refractivity contribution < 1.29 is 0 Å². The Kier molecular flexibility index (Phi) is 1.67. The molecule has 0 saturated heterocycles. The first kappa shape index (κ1) is 7.51. The first-order chi connectivity index (χ1) is 4.52. The quantitative estimate of drug-likeness (QED) is 0.504. The normalized spacial score (nSPS) is 26.0. The highest BCUT2D eigenvalue weighted by Crippen LogP contribution is 2.26. The summed E-state index contributed by atoms with van der Waals surface area (Å²) in [5.41, 5.74) is 0.290. The summed E-state index contributed by atoms with van der Waals surface area (Å²) in [6, 6.07) is 0.479. The van der Waals surface area contributed by atoms with Gasteiger partial charge in [-0.25, -0.2) is 0 Å². The minimum atomic E-state index is 0.290. The average molecular weight is 141 g/mol. The van der Waals surface area contributed by atoms with Gasteiger partial charge in [0, 0.05) is 7.05 Å². The average Bonchev–Trinajstić information content (AvgIpc) is 2.11. The van der Waals surface area contributed by atoms with E-state index in [-0.39, 0.29) is 5.41 Å². The van der Waals surface area contributed by atoms with Gasteiger partial charge in [0.25, 0.3) is 0 Å². The van der Waals surface area contributed by atoms with Crippen LogP contribution in [0.2, 0.25) is 0 Å². The number of hydrogen-bond donors (Lipinski definition) is 0. The summed E-state index contributed by atoms with van der Waals surface area (Å²) in [6.45, 7) is 7.49. The fourth-order valence-corrected chi connectivity index (χ4v) is 1.23. The molecule has 0 aromatic rings. The molecule has 0 radical (unpaired) electrons. The third-order valence-corrected chi connectivity index (χ3v) is 1.91. The van der Waals surface area contributed by atoms with Gasteiger partial charge in [0.15, 0.2) is 0 Å². The van der Waals surface area contributed by atoms with Gasteiger partial charge >= 0.3 is 0 Å². The molecule has 0 amide bonds. The van der Waals surface area contributed by atoms with Crippen LogP contribution in [0.25, 0.3) is 0 Å². The van der Waals surface area contributed by atoms with Gasteiger partial charge in [0.2, 0.25) is 0 Å². The molecule has 0 spiro atoms. The highest BCUT2D eigenvalue weighted by atomic mass is 15.6. The zero-order chi connectivity index (χ0) is 7.78. The lowest BCUT2D eigenvalue weighted by Crippen LogP contribution is -2.37. The second-order valence-electron chi connectivity index (χ2n) is 3.87. The van der Waals surface area contributed by atoms with E-state index in [1.807, 2.05) is 12.1 Å². The molecular weight excluding hydrogens is 126 g/mol. The summed E-state index contributed by atoms with van der Waals surface area (Å²) < 4.78 is 0. The highest BCUT2D eigenvalue weighted by molar-refractivity contribution is 4.83. The van der Waals surface area contributed by atoms with Crippen LogP contribution in [0.1, 0.15) is 20.8 Å². The third-order valence-electron chi connectivity index (χ3n) is 1.91. The molecule has 0 N–H and O–H groups in total. The number of likely N-dealkylation sites (N-methyl/N-ethyl adjacent to an activating group) is 1. The van der Waals surface area contributed by atoms with E-state index in [1.165, 1.54) is 0 Å². The van der Waals surface area contributed by atoms with Crippen molar-refractivity contribution in [2.75, 3.05) is 13.6 Å². The molecule has 3 heteroatoms. The SMILES string of the molecule is CN1N=NCC1C(C)(C)C. The molecule has 3 nitrogen and oxygen atoms in total. The predicted molar refractivity (Wildman–Crippen MR) is 40.7 cm³/mol. The zero-order valence-electron chi connectivity index (χ0n) is 7.13. The topological polar surface area (TPSA) is 28.0 Å². The molecule has 0 fully saturated rings. The van der Waals surface area contributed by atoms with Crippen LogP contribution in [-0.4, -0.2) is 24.6 Å². The van der Waals surface area contributed by atoms with Crippen LogP contribution < -0.4 is 0 Å². The Balaban J connectivity index is 2.60. The van der Waals surface area contributed by atoms with Crippen molar-refractivity contribution in [1.82, 2.24) is 5.01 Å². The summed E-state index contributed by atoms with van der Waals surface area (Å²) in [4.78, 5) is 0. The van der Waals surface area contributed by atoms with E-state index >= 15 is 0 Å². The van der Waals surface area contributed by atoms with Crippen LogP contribution in [0.5, 0.6) is 0 Å². The molecule has 1 atom stereocenters. The van der Waals surface area contributed by atoms with Gasteiger partial charge < -0.3 is 0 Å². The molecule has 10 heavy (non-hydrogen) atoms. The first-order valence-corrected chi connectivity index (χ1v) is 3.62. The van der Waals surface area contributed by atoms with Crippen LogP contribution >= 0.6 is 0 Å². The van der Waals surface area contributed by atoms with E-state index in [0.29, 0.717) is 6.04 Å². The van der Waals surface area contributed by atoms with Crippen molar-refractivity contribution in [1.29, 1.82) is 0 Å². The molecule has 0 saturated carbocycles. The van der Waals surface area contributed by atoms with E-state index < -0.39 is 0 Å². The predicted octanol–water partition coefficient (Wildman–Crippen LogP) is 1.71. The summed E-state index contributed by atoms with van der Waals surface area (Å²) in [5.74, 6) is 0. The van der Waals surface area contributed by atoms with Gasteiger partial charge in [-0.15, -0.1) is 0 Å². The molecule has 0 bridgehead atoms. The molecule has 0 aromatic heterocycles. The molecule has 58 valence electrons. The van der Waals surface area contributed by atoms with E-state index in [1.54, 1.807) is 0 Å². The van der Waals surface area contributed by atoms with Crippen molar-refractivity contribution in [2.45, 2.75) is 26.8 Å². The maximum atomic E-state index is 3.96. The smallest absolute Gasteiger partial charge is 0.0846 e. The fraction of sp³-hybridized carbons (Fsp3) is 1.00. The lowest BCUT2D eigenvalue weighted by atomic mass is 9.87. The summed E-state index contributed by atoms with van der Waals surface area (Å²) >= 11 is 0. The van der Waals surface area contributed by atoms with Crippen LogP contribution in [0, 0.1) is 5.41 Å². The van der Waals surface area contributed by atoms with E-state index in [9.17, 15) is 0 Å². The molecule has 1 rings (SSSR count). The Hall–Kier alpha value is -0.600. The standard InChI is InChI=1S/C7H15N3/c1-7(2,3)6-5-8-9-10(6)4/h6H,5H2,1-4H3. The highest BCUT2D eigenvalue weighted by Gasteiger charge is 2.30. The minimum absolute atomic E-state index is 0.290. The van der Waals surface area contributed by atoms with Crippen LogP contribution in [0.15, 0.2) is 10.3 Å². The number of rotatable bonds is 0. The van der Waals surface area contributed by atoms with Gasteiger partial charge in [0.05, 0.1) is 12.6 Å². The Labute approximate surface area is 62.1 Å². The molecule has 1 unspecified atom stereocenters. The zero-order valence-corrected chi connectivity index (χ0v) is 7.13. The monoisotopic (exact) mass is 141 g/mol. The second kappa shape index (κ2) is 2.22. The molecule has 1 aliphatic heterocycles. The van der Waals surface area contributed by atoms with Crippen molar-refractivity contribution in [3.8, 4) is 0 Å². The molecule has 1 aliphatic rings. The fourth-order valence-electron chi connectivity index (χ4n) is 1.23. The third kappa shape index (κ3) is 1.28. The lowest BCUT2D eigenvalue weighted by Gasteiger charge is -2.30. The van der Waals surface area contributed by atoms with E-state index in [0.717, 1.165) is 6.54 Å². The van der Waals surface area contributed by atoms with Crippen molar-refractivity contribution in [3.63, 3.8) is 0 Å². The summed E-state index contributed by atoms with van der Waals surface area (Å²) in [7, 11) is 1.98. The largest absolute Gasteiger partial charge is 0.276 e. The van der Waals surface area contributed by atoms with Crippen molar-refractivity contribution >= 4 is 0 Å². The number of nitrogens with zero attached hydrogens (tertiary/aromatic N) is 3. The molecule has 0 aliphatic carbocycles. The lowest BCUT2D eigenvalue weighted by molar-refractivity contribution is 0.162. The van der Waals surface area contributed by atoms with Gasteiger partial charge in [0.1, 0.15) is 0 Å². The second-order valence-corrected chi connectivity index (χ2v) is 3.87. The molecule has 1 heterocycles. The Morgan fingerprint density at radius 1 is 1.40 bits per heavy atom. The Morgan fingerprint density at radius 3 is 2.20 bits per heavy atom. The van der Waals surface area contributed by atoms with Crippen LogP contribution in [0.4, 0.5) is 0 Å². The first-order valence-electron chi connectivity index (χ1n) is 3.62. The summed E-state index contributed by atoms with van der Waals surface area (Å²) in [6.07, 6.45) is 0. The number of hydrogen-bond acceptors (Lipinski definition) is 3. The summed E-state index contributed by atoms with van der Waals surface area (Å²) in [5, 5.41) is 9.85. The minimum Gasteiger partial charge on any atom is -0.276 e. The van der Waals surface area contributed by atoms with Crippen LogP contribution in [-0.2, 0) is 0 Å². The van der Waals surface area contributed by atoms with Gasteiger partial charge in [-0.05, 0) is 5.41 Å². The van der Waals surface area contributed by atoms with Crippen LogP contribution in [0.3, 0.4) is 0 Å². The maximum absolute atomic E-state index is 3.96. The van der Waals surface area contributed by atoms with E-state index in [2.05, 4.69) is 31.1 Å².